The summed E-state index contributed by atoms with van der Waals surface area (Å²) in [6.07, 6.45) is 0.691. The van der Waals surface area contributed by atoms with Crippen molar-refractivity contribution in [2.24, 2.45) is 11.7 Å². The molecule has 1 aromatic rings. The number of nitrogens with zero attached hydrogens (tertiary/aromatic N) is 1. The Labute approximate surface area is 116 Å². The van der Waals surface area contributed by atoms with Gasteiger partial charge in [0.1, 0.15) is 10.7 Å². The molecule has 1 saturated heterocycles. The highest BCUT2D eigenvalue weighted by molar-refractivity contribution is 7.89. The van der Waals surface area contributed by atoms with Crippen molar-refractivity contribution in [1.82, 2.24) is 4.31 Å². The molecule has 1 aliphatic heterocycles. The highest BCUT2D eigenvalue weighted by Gasteiger charge is 2.32. The summed E-state index contributed by atoms with van der Waals surface area (Å²) in [6.45, 7) is 0.286. The fourth-order valence-electron chi connectivity index (χ4n) is 2.24. The van der Waals surface area contributed by atoms with E-state index in [-0.39, 0.29) is 24.7 Å². The first-order valence-corrected chi connectivity index (χ1v) is 7.61. The van der Waals surface area contributed by atoms with E-state index in [0.29, 0.717) is 12.8 Å². The molecule has 0 radical (unpaired) electrons. The van der Waals surface area contributed by atoms with Crippen LogP contribution in [0.15, 0.2) is 23.1 Å². The van der Waals surface area contributed by atoms with Gasteiger partial charge in [-0.05, 0) is 31.0 Å². The molecule has 4 N–H and O–H groups in total. The van der Waals surface area contributed by atoms with Crippen LogP contribution in [0.5, 0.6) is 0 Å². The Hall–Kier alpha value is -1.67. The van der Waals surface area contributed by atoms with E-state index >= 15 is 0 Å². The summed E-state index contributed by atoms with van der Waals surface area (Å²) in [7, 11) is -3.94. The van der Waals surface area contributed by atoms with Crippen molar-refractivity contribution in [2.45, 2.75) is 17.7 Å². The number of carbonyl (C=O) groups excluding carboxylic acids is 1. The molecular formula is C12H16FN3O3S. The van der Waals surface area contributed by atoms with Gasteiger partial charge in [0, 0.05) is 24.7 Å². The van der Waals surface area contributed by atoms with Crippen molar-refractivity contribution in [1.29, 1.82) is 0 Å². The van der Waals surface area contributed by atoms with Gasteiger partial charge >= 0.3 is 0 Å². The molecule has 0 aromatic heterocycles. The van der Waals surface area contributed by atoms with Gasteiger partial charge in [-0.25, -0.2) is 12.8 Å². The summed E-state index contributed by atoms with van der Waals surface area (Å²) in [4.78, 5) is 10.6. The fourth-order valence-corrected chi connectivity index (χ4v) is 3.81. The van der Waals surface area contributed by atoms with E-state index < -0.39 is 26.6 Å². The van der Waals surface area contributed by atoms with Crippen molar-refractivity contribution in [3.8, 4) is 0 Å². The summed E-state index contributed by atoms with van der Waals surface area (Å²) in [5, 5.41) is 0. The lowest BCUT2D eigenvalue weighted by molar-refractivity contribution is -0.122. The number of nitrogen functional groups attached to an aromatic ring is 1. The van der Waals surface area contributed by atoms with Crippen LogP contribution >= 0.6 is 0 Å². The van der Waals surface area contributed by atoms with Crippen molar-refractivity contribution < 1.29 is 17.6 Å². The quantitative estimate of drug-likeness (QED) is 0.783. The number of nitrogens with two attached hydrogens (primary N) is 2. The second-order valence-corrected chi connectivity index (χ2v) is 6.68. The molecule has 1 aliphatic rings. The van der Waals surface area contributed by atoms with Crippen molar-refractivity contribution in [2.75, 3.05) is 18.8 Å². The lowest BCUT2D eigenvalue weighted by Gasteiger charge is -2.29. The van der Waals surface area contributed by atoms with E-state index in [1.807, 2.05) is 0 Å². The first-order chi connectivity index (χ1) is 9.32. The number of anilines is 1. The van der Waals surface area contributed by atoms with Crippen LogP contribution in [0.25, 0.3) is 0 Å². The van der Waals surface area contributed by atoms with Gasteiger partial charge in [0.05, 0.1) is 0 Å². The van der Waals surface area contributed by atoms with Crippen molar-refractivity contribution in [3.63, 3.8) is 0 Å². The molecule has 0 spiro atoms. The van der Waals surface area contributed by atoms with Gasteiger partial charge in [0.25, 0.3) is 0 Å². The Bertz CT molecular complexity index is 625. The highest BCUT2D eigenvalue weighted by Crippen LogP contribution is 2.26. The number of rotatable bonds is 3. The molecule has 1 heterocycles. The second-order valence-electron chi connectivity index (χ2n) is 4.77. The molecule has 20 heavy (non-hydrogen) atoms. The second kappa shape index (κ2) is 5.37. The van der Waals surface area contributed by atoms with E-state index in [0.717, 1.165) is 16.4 Å². The predicted molar refractivity (Wildman–Crippen MR) is 71.5 cm³/mol. The third-order valence-electron chi connectivity index (χ3n) is 3.43. The van der Waals surface area contributed by atoms with Gasteiger partial charge in [-0.15, -0.1) is 0 Å². The zero-order valence-corrected chi connectivity index (χ0v) is 11.6. The van der Waals surface area contributed by atoms with E-state index in [9.17, 15) is 17.6 Å². The molecule has 1 amide bonds. The summed E-state index contributed by atoms with van der Waals surface area (Å²) in [5.41, 5.74) is 10.9. The number of sulfonamides is 1. The van der Waals surface area contributed by atoms with E-state index in [2.05, 4.69) is 0 Å². The molecule has 1 fully saturated rings. The molecule has 1 aromatic carbocycles. The van der Waals surface area contributed by atoms with Crippen LogP contribution in [0.4, 0.5) is 10.1 Å². The number of halogens is 1. The third kappa shape index (κ3) is 2.75. The minimum atomic E-state index is -3.94. The Kier molecular flexibility index (Phi) is 3.96. The SMILES string of the molecule is NC(=O)C1CCN(S(=O)(=O)c2cc(N)ccc2F)CC1. The van der Waals surface area contributed by atoms with Crippen molar-refractivity contribution >= 4 is 21.6 Å². The van der Waals surface area contributed by atoms with Crippen LogP contribution in [0.2, 0.25) is 0 Å². The number of primary amides is 1. The lowest BCUT2D eigenvalue weighted by Crippen LogP contribution is -2.41. The van der Waals surface area contributed by atoms with Crippen LogP contribution in [-0.2, 0) is 14.8 Å². The minimum absolute atomic E-state index is 0.143. The Morgan fingerprint density at radius 2 is 1.90 bits per heavy atom. The number of hydrogen-bond acceptors (Lipinski definition) is 4. The van der Waals surface area contributed by atoms with Gasteiger partial charge in [-0.3, -0.25) is 4.79 Å². The molecule has 0 saturated carbocycles. The first-order valence-electron chi connectivity index (χ1n) is 6.17. The molecule has 0 bridgehead atoms. The molecule has 0 atom stereocenters. The molecular weight excluding hydrogens is 285 g/mol. The topological polar surface area (TPSA) is 106 Å². The van der Waals surface area contributed by atoms with Gasteiger partial charge in [-0.2, -0.15) is 4.31 Å². The Balaban J connectivity index is 2.24. The van der Waals surface area contributed by atoms with E-state index in [1.165, 1.54) is 6.07 Å². The minimum Gasteiger partial charge on any atom is -0.399 e. The van der Waals surface area contributed by atoms with Crippen LogP contribution in [0.3, 0.4) is 0 Å². The standard InChI is InChI=1S/C12H16FN3O3S/c13-10-2-1-9(14)7-11(10)20(18,19)16-5-3-8(4-6-16)12(15)17/h1-2,7-8H,3-6,14H2,(H2,15,17). The van der Waals surface area contributed by atoms with Gasteiger partial charge < -0.3 is 11.5 Å². The highest BCUT2D eigenvalue weighted by atomic mass is 32.2. The number of benzene rings is 1. The Morgan fingerprint density at radius 1 is 1.30 bits per heavy atom. The lowest BCUT2D eigenvalue weighted by atomic mass is 9.98. The van der Waals surface area contributed by atoms with Gasteiger partial charge in [-0.1, -0.05) is 0 Å². The fraction of sp³-hybridized carbons (Fsp3) is 0.417. The summed E-state index contributed by atoms with van der Waals surface area (Å²) >= 11 is 0. The smallest absolute Gasteiger partial charge is 0.246 e. The summed E-state index contributed by atoms with van der Waals surface area (Å²) in [5.74, 6) is -1.60. The third-order valence-corrected chi connectivity index (χ3v) is 5.34. The average molecular weight is 301 g/mol. The first kappa shape index (κ1) is 14.7. The number of carbonyl (C=O) groups is 1. The Morgan fingerprint density at radius 3 is 2.45 bits per heavy atom. The molecule has 8 heteroatoms. The summed E-state index contributed by atoms with van der Waals surface area (Å²) in [6, 6.07) is 3.43. The van der Waals surface area contributed by atoms with Gasteiger partial charge in [0.2, 0.25) is 15.9 Å². The number of hydrogen-bond donors (Lipinski definition) is 2. The average Bonchev–Trinajstić information content (AvgIpc) is 2.41. The van der Waals surface area contributed by atoms with E-state index in [4.69, 9.17) is 11.5 Å². The number of piperidine rings is 1. The molecule has 6 nitrogen and oxygen atoms in total. The maximum atomic E-state index is 13.7. The zero-order valence-electron chi connectivity index (χ0n) is 10.8. The normalized spacial score (nSPS) is 18.1. The van der Waals surface area contributed by atoms with Crippen LogP contribution < -0.4 is 11.5 Å². The maximum Gasteiger partial charge on any atom is 0.246 e. The molecule has 0 aliphatic carbocycles. The molecule has 2 rings (SSSR count). The van der Waals surface area contributed by atoms with Crippen LogP contribution in [-0.4, -0.2) is 31.7 Å². The zero-order chi connectivity index (χ0) is 14.9. The largest absolute Gasteiger partial charge is 0.399 e. The van der Waals surface area contributed by atoms with Crippen LogP contribution in [0, 0.1) is 11.7 Å². The maximum absolute atomic E-state index is 13.7. The van der Waals surface area contributed by atoms with Crippen molar-refractivity contribution in [3.05, 3.63) is 24.0 Å². The monoisotopic (exact) mass is 301 g/mol. The van der Waals surface area contributed by atoms with Gasteiger partial charge in [0.15, 0.2) is 0 Å². The predicted octanol–water partition coefficient (Wildman–Crippen LogP) is 0.294. The molecule has 110 valence electrons. The van der Waals surface area contributed by atoms with E-state index in [1.54, 1.807) is 0 Å². The van der Waals surface area contributed by atoms with Crippen LogP contribution in [0.1, 0.15) is 12.8 Å². The summed E-state index contributed by atoms with van der Waals surface area (Å²) < 4.78 is 39.5. The molecule has 0 unspecified atom stereocenters. The number of amides is 1.